The van der Waals surface area contributed by atoms with Crippen molar-refractivity contribution >= 4 is 18.4 Å². The van der Waals surface area contributed by atoms with E-state index in [1.165, 1.54) is 4.68 Å². The van der Waals surface area contributed by atoms with E-state index in [-0.39, 0.29) is 0 Å². The van der Waals surface area contributed by atoms with Gasteiger partial charge in [0.15, 0.2) is 0 Å². The third kappa shape index (κ3) is 1.70. The number of nitrogens with zero attached hydrogens (tertiary/aromatic N) is 5. The van der Waals surface area contributed by atoms with Crippen LogP contribution in [0.25, 0.3) is 6.20 Å². The number of hydrogen-bond donors (Lipinski definition) is 0. The number of hydrogen-bond acceptors (Lipinski definition) is 4. The van der Waals surface area contributed by atoms with Crippen LogP contribution >= 0.6 is 0 Å². The molecule has 0 saturated carbocycles. The Bertz CT molecular complexity index is 246. The fourth-order valence-corrected chi connectivity index (χ4v) is 0.627. The molecule has 5 heteroatoms. The standard InChI is InChI=1S/C6H9N5/c1-3-5-11-6(7-4-2)8-9-10-11/h3-5H,1-2H3/b5-3+,7-4+. The molecule has 1 aromatic heterocycles. The van der Waals surface area contributed by atoms with Crippen LogP contribution in [0.3, 0.4) is 0 Å². The maximum absolute atomic E-state index is 3.94. The van der Waals surface area contributed by atoms with Crippen molar-refractivity contribution in [3.63, 3.8) is 0 Å². The number of rotatable bonds is 2. The molecule has 0 unspecified atom stereocenters. The zero-order chi connectivity index (χ0) is 8.10. The Labute approximate surface area is 64.4 Å². The molecule has 0 saturated heterocycles. The van der Waals surface area contributed by atoms with Gasteiger partial charge in [0, 0.05) is 12.4 Å². The second-order valence-corrected chi connectivity index (χ2v) is 1.79. The average Bonchev–Trinajstić information content (AvgIpc) is 2.39. The lowest BCUT2D eigenvalue weighted by molar-refractivity contribution is 0.818. The van der Waals surface area contributed by atoms with Gasteiger partial charge in [0.05, 0.1) is 0 Å². The van der Waals surface area contributed by atoms with E-state index >= 15 is 0 Å². The van der Waals surface area contributed by atoms with Gasteiger partial charge in [0.25, 0.3) is 5.95 Å². The van der Waals surface area contributed by atoms with Crippen LogP contribution in [0.15, 0.2) is 11.1 Å². The van der Waals surface area contributed by atoms with Gasteiger partial charge < -0.3 is 0 Å². The lowest BCUT2D eigenvalue weighted by atomic mass is 10.7. The first-order chi connectivity index (χ1) is 5.38. The molecule has 0 N–H and O–H groups in total. The molecule has 11 heavy (non-hydrogen) atoms. The normalized spacial score (nSPS) is 11.8. The lowest BCUT2D eigenvalue weighted by Crippen LogP contribution is -1.87. The summed E-state index contributed by atoms with van der Waals surface area (Å²) in [5.41, 5.74) is 0. The topological polar surface area (TPSA) is 56.0 Å². The van der Waals surface area contributed by atoms with E-state index in [2.05, 4.69) is 20.5 Å². The highest BCUT2D eigenvalue weighted by Gasteiger charge is 1.96. The van der Waals surface area contributed by atoms with Gasteiger partial charge >= 0.3 is 0 Å². The third-order valence-corrected chi connectivity index (χ3v) is 1.01. The Kier molecular flexibility index (Phi) is 2.48. The predicted octanol–water partition coefficient (Wildman–Crippen LogP) is 0.886. The number of aliphatic imine (C=N–C) groups is 1. The van der Waals surface area contributed by atoms with Crippen molar-refractivity contribution in [2.45, 2.75) is 13.8 Å². The third-order valence-electron chi connectivity index (χ3n) is 1.01. The first-order valence-corrected chi connectivity index (χ1v) is 3.28. The van der Waals surface area contributed by atoms with E-state index < -0.39 is 0 Å². The summed E-state index contributed by atoms with van der Waals surface area (Å²) in [4.78, 5) is 3.94. The summed E-state index contributed by atoms with van der Waals surface area (Å²) in [6, 6.07) is 0. The van der Waals surface area contributed by atoms with E-state index in [4.69, 9.17) is 0 Å². The summed E-state index contributed by atoms with van der Waals surface area (Å²) in [6.07, 6.45) is 5.22. The van der Waals surface area contributed by atoms with Gasteiger partial charge in [-0.25, -0.2) is 4.99 Å². The first-order valence-electron chi connectivity index (χ1n) is 3.28. The van der Waals surface area contributed by atoms with Gasteiger partial charge in [-0.3, -0.25) is 0 Å². The molecule has 0 radical (unpaired) electrons. The van der Waals surface area contributed by atoms with Crippen molar-refractivity contribution in [2.75, 3.05) is 0 Å². The molecule has 0 bridgehead atoms. The molecule has 0 amide bonds. The highest BCUT2D eigenvalue weighted by atomic mass is 15.6. The number of aromatic nitrogens is 4. The second-order valence-electron chi connectivity index (χ2n) is 1.79. The summed E-state index contributed by atoms with van der Waals surface area (Å²) in [5, 5.41) is 10.8. The van der Waals surface area contributed by atoms with Crippen LogP contribution in [0.4, 0.5) is 5.95 Å². The number of tetrazole rings is 1. The molecule has 0 spiro atoms. The van der Waals surface area contributed by atoms with Gasteiger partial charge in [-0.05, 0) is 24.3 Å². The van der Waals surface area contributed by atoms with Crippen LogP contribution < -0.4 is 0 Å². The van der Waals surface area contributed by atoms with Gasteiger partial charge in [-0.2, -0.15) is 4.68 Å². The fraction of sp³-hybridized carbons (Fsp3) is 0.333. The van der Waals surface area contributed by atoms with E-state index in [0.717, 1.165) is 0 Å². The van der Waals surface area contributed by atoms with Crippen molar-refractivity contribution in [1.82, 2.24) is 20.2 Å². The Morgan fingerprint density at radius 2 is 2.27 bits per heavy atom. The minimum atomic E-state index is 0.491. The van der Waals surface area contributed by atoms with Gasteiger partial charge in [-0.15, -0.1) is 0 Å². The van der Waals surface area contributed by atoms with Crippen molar-refractivity contribution in [3.05, 3.63) is 6.08 Å². The second kappa shape index (κ2) is 3.60. The zero-order valence-electron chi connectivity index (χ0n) is 6.47. The van der Waals surface area contributed by atoms with Crippen molar-refractivity contribution in [2.24, 2.45) is 4.99 Å². The highest BCUT2D eigenvalue weighted by molar-refractivity contribution is 5.57. The fourth-order valence-electron chi connectivity index (χ4n) is 0.627. The summed E-state index contributed by atoms with van der Waals surface area (Å²) >= 11 is 0. The van der Waals surface area contributed by atoms with E-state index in [1.807, 2.05) is 19.9 Å². The van der Waals surface area contributed by atoms with E-state index in [1.54, 1.807) is 12.4 Å². The Balaban J connectivity index is 2.95. The molecule has 5 nitrogen and oxygen atoms in total. The molecule has 58 valence electrons. The predicted molar refractivity (Wildman–Crippen MR) is 42.6 cm³/mol. The smallest absolute Gasteiger partial charge is 0.223 e. The van der Waals surface area contributed by atoms with Crippen LogP contribution in [0, 0.1) is 0 Å². The highest BCUT2D eigenvalue weighted by Crippen LogP contribution is 2.02. The van der Waals surface area contributed by atoms with Crippen molar-refractivity contribution in [3.8, 4) is 0 Å². The van der Waals surface area contributed by atoms with Crippen LogP contribution in [0.5, 0.6) is 0 Å². The maximum Gasteiger partial charge on any atom is 0.272 e. The SMILES string of the molecule is C/C=C/n1nnnc1/N=C/C. The molecular formula is C6H9N5. The molecule has 0 aliphatic heterocycles. The minimum absolute atomic E-state index is 0.491. The van der Waals surface area contributed by atoms with E-state index in [9.17, 15) is 0 Å². The molecular weight excluding hydrogens is 142 g/mol. The quantitative estimate of drug-likeness (QED) is 0.590. The maximum atomic E-state index is 3.94. The summed E-state index contributed by atoms with van der Waals surface area (Å²) in [5.74, 6) is 0.491. The summed E-state index contributed by atoms with van der Waals surface area (Å²) in [7, 11) is 0. The molecule has 0 aromatic carbocycles. The zero-order valence-corrected chi connectivity index (χ0v) is 6.47. The van der Waals surface area contributed by atoms with Crippen molar-refractivity contribution in [1.29, 1.82) is 0 Å². The summed E-state index contributed by atoms with van der Waals surface area (Å²) in [6.45, 7) is 3.70. The lowest BCUT2D eigenvalue weighted by Gasteiger charge is -1.88. The van der Waals surface area contributed by atoms with Crippen LogP contribution in [-0.4, -0.2) is 26.4 Å². The molecule has 0 aliphatic carbocycles. The molecule has 0 aliphatic rings. The Hall–Kier alpha value is -1.52. The monoisotopic (exact) mass is 151 g/mol. The average molecular weight is 151 g/mol. The molecule has 0 atom stereocenters. The van der Waals surface area contributed by atoms with Crippen LogP contribution in [-0.2, 0) is 0 Å². The number of allylic oxidation sites excluding steroid dienone is 1. The van der Waals surface area contributed by atoms with Gasteiger partial charge in [0.1, 0.15) is 0 Å². The van der Waals surface area contributed by atoms with Crippen LogP contribution in [0.1, 0.15) is 13.8 Å². The molecule has 1 aromatic rings. The Morgan fingerprint density at radius 3 is 2.91 bits per heavy atom. The first kappa shape index (κ1) is 7.59. The molecule has 0 fully saturated rings. The Morgan fingerprint density at radius 1 is 1.45 bits per heavy atom. The van der Waals surface area contributed by atoms with Gasteiger partial charge in [0.2, 0.25) is 0 Å². The molecule has 1 rings (SSSR count). The summed E-state index contributed by atoms with van der Waals surface area (Å²) < 4.78 is 1.50. The largest absolute Gasteiger partial charge is 0.272 e. The minimum Gasteiger partial charge on any atom is -0.223 e. The van der Waals surface area contributed by atoms with Crippen molar-refractivity contribution < 1.29 is 0 Å². The molecule has 1 heterocycles. The van der Waals surface area contributed by atoms with E-state index in [0.29, 0.717) is 5.95 Å². The van der Waals surface area contributed by atoms with Crippen LogP contribution in [0.2, 0.25) is 0 Å². The van der Waals surface area contributed by atoms with Gasteiger partial charge in [-0.1, -0.05) is 11.2 Å².